The second kappa shape index (κ2) is 5.80. The van der Waals surface area contributed by atoms with Gasteiger partial charge in [0, 0.05) is 24.3 Å². The zero-order valence-corrected chi connectivity index (χ0v) is 11.3. The number of hydrogen-bond donors (Lipinski definition) is 0. The maximum Gasteiger partial charge on any atom is 0.133 e. The summed E-state index contributed by atoms with van der Waals surface area (Å²) in [5, 5.41) is 0.632. The van der Waals surface area contributed by atoms with E-state index < -0.39 is 0 Å². The monoisotopic (exact) mass is 253 g/mol. The smallest absolute Gasteiger partial charge is 0.133 e. The zero-order chi connectivity index (χ0) is 12.3. The molecule has 0 aromatic carbocycles. The van der Waals surface area contributed by atoms with Crippen LogP contribution in [0.5, 0.6) is 0 Å². The molecule has 1 aromatic rings. The molecule has 1 fully saturated rings. The van der Waals surface area contributed by atoms with Crippen LogP contribution in [0.4, 0.5) is 0 Å². The van der Waals surface area contributed by atoms with E-state index in [-0.39, 0.29) is 0 Å². The lowest BCUT2D eigenvalue weighted by Gasteiger charge is -2.35. The van der Waals surface area contributed by atoms with Crippen LogP contribution in [0, 0.1) is 0 Å². The summed E-state index contributed by atoms with van der Waals surface area (Å²) in [6.07, 6.45) is 4.22. The predicted octanol–water partition coefficient (Wildman–Crippen LogP) is 2.26. The number of halogens is 1. The highest BCUT2D eigenvalue weighted by Gasteiger charge is 2.20. The van der Waals surface area contributed by atoms with Gasteiger partial charge in [-0.2, -0.15) is 0 Å². The van der Waals surface area contributed by atoms with Gasteiger partial charge in [-0.1, -0.05) is 17.7 Å². The summed E-state index contributed by atoms with van der Waals surface area (Å²) in [6.45, 7) is 3.27. The van der Waals surface area contributed by atoms with Gasteiger partial charge in [0.15, 0.2) is 0 Å². The lowest BCUT2D eigenvalue weighted by atomic mass is 10.0. The molecule has 0 N–H and O–H groups in total. The van der Waals surface area contributed by atoms with Crippen LogP contribution in [0.1, 0.15) is 18.4 Å². The third kappa shape index (κ3) is 3.41. The summed E-state index contributed by atoms with van der Waals surface area (Å²) in [6, 6.07) is 4.67. The number of hydrogen-bond acceptors (Lipinski definition) is 3. The van der Waals surface area contributed by atoms with Crippen LogP contribution in [0.25, 0.3) is 0 Å². The summed E-state index contributed by atoms with van der Waals surface area (Å²) >= 11 is 6.08. The summed E-state index contributed by atoms with van der Waals surface area (Å²) < 4.78 is 0. The largest absolute Gasteiger partial charge is 0.306 e. The maximum absolute atomic E-state index is 6.08. The highest BCUT2D eigenvalue weighted by molar-refractivity contribution is 6.30. The molecule has 1 saturated heterocycles. The maximum atomic E-state index is 6.08. The minimum atomic E-state index is 0.632. The summed E-state index contributed by atoms with van der Waals surface area (Å²) in [5.41, 5.74) is 1.12. The molecule has 0 amide bonds. The van der Waals surface area contributed by atoms with Crippen molar-refractivity contribution in [2.24, 2.45) is 0 Å². The first kappa shape index (κ1) is 12.8. The average molecular weight is 254 g/mol. The minimum Gasteiger partial charge on any atom is -0.306 e. The Bertz CT molecular complexity index is 361. The topological polar surface area (TPSA) is 19.4 Å². The van der Waals surface area contributed by atoms with Gasteiger partial charge >= 0.3 is 0 Å². The van der Waals surface area contributed by atoms with E-state index in [1.807, 2.05) is 6.07 Å². The van der Waals surface area contributed by atoms with Gasteiger partial charge in [-0.3, -0.25) is 4.90 Å². The van der Waals surface area contributed by atoms with E-state index in [4.69, 9.17) is 11.6 Å². The van der Waals surface area contributed by atoms with Crippen molar-refractivity contribution < 1.29 is 0 Å². The zero-order valence-electron chi connectivity index (χ0n) is 10.6. The minimum absolute atomic E-state index is 0.632. The number of piperidine rings is 1. The number of pyridine rings is 1. The van der Waals surface area contributed by atoms with Crippen molar-refractivity contribution in [3.05, 3.63) is 29.0 Å². The Labute approximate surface area is 108 Å². The summed E-state index contributed by atoms with van der Waals surface area (Å²) in [5.74, 6) is 0. The Kier molecular flexibility index (Phi) is 4.37. The molecule has 1 aromatic heterocycles. The van der Waals surface area contributed by atoms with E-state index in [0.29, 0.717) is 11.2 Å². The van der Waals surface area contributed by atoms with Crippen molar-refractivity contribution in [2.75, 3.05) is 27.2 Å². The molecule has 0 saturated carbocycles. The Balaban J connectivity index is 1.93. The van der Waals surface area contributed by atoms with Crippen LogP contribution >= 0.6 is 11.6 Å². The predicted molar refractivity (Wildman–Crippen MR) is 71.2 cm³/mol. The molecule has 1 aliphatic heterocycles. The highest BCUT2D eigenvalue weighted by atomic mass is 35.5. The number of aromatic nitrogens is 1. The van der Waals surface area contributed by atoms with Gasteiger partial charge < -0.3 is 4.90 Å². The van der Waals surface area contributed by atoms with Gasteiger partial charge in [-0.05, 0) is 46.1 Å². The molecule has 0 unspecified atom stereocenters. The number of rotatable bonds is 3. The van der Waals surface area contributed by atoms with Gasteiger partial charge in [0.2, 0.25) is 0 Å². The van der Waals surface area contributed by atoms with E-state index in [1.54, 1.807) is 6.20 Å². The molecule has 0 spiro atoms. The Morgan fingerprint density at radius 3 is 2.82 bits per heavy atom. The first-order valence-electron chi connectivity index (χ1n) is 6.15. The summed E-state index contributed by atoms with van der Waals surface area (Å²) in [4.78, 5) is 8.91. The Hall–Kier alpha value is -0.640. The Morgan fingerprint density at radius 1 is 1.47 bits per heavy atom. The molecule has 0 atom stereocenters. The van der Waals surface area contributed by atoms with Crippen molar-refractivity contribution >= 4 is 11.6 Å². The molecule has 0 bridgehead atoms. The van der Waals surface area contributed by atoms with E-state index >= 15 is 0 Å². The van der Waals surface area contributed by atoms with E-state index in [0.717, 1.165) is 12.1 Å². The van der Waals surface area contributed by atoms with Crippen LogP contribution in [-0.2, 0) is 6.54 Å². The lowest BCUT2D eigenvalue weighted by Crippen LogP contribution is -2.41. The van der Waals surface area contributed by atoms with Crippen molar-refractivity contribution in [1.29, 1.82) is 0 Å². The van der Waals surface area contributed by atoms with Gasteiger partial charge in [0.05, 0.1) is 0 Å². The molecule has 4 heteroatoms. The van der Waals surface area contributed by atoms with Gasteiger partial charge in [-0.25, -0.2) is 4.98 Å². The fourth-order valence-corrected chi connectivity index (χ4v) is 2.55. The lowest BCUT2D eigenvalue weighted by molar-refractivity contribution is 0.139. The highest BCUT2D eigenvalue weighted by Crippen LogP contribution is 2.19. The fraction of sp³-hybridized carbons (Fsp3) is 0.615. The van der Waals surface area contributed by atoms with Crippen LogP contribution in [0.15, 0.2) is 18.3 Å². The van der Waals surface area contributed by atoms with Crippen molar-refractivity contribution in [2.45, 2.75) is 25.4 Å². The van der Waals surface area contributed by atoms with Crippen LogP contribution < -0.4 is 0 Å². The normalized spacial score (nSPS) is 18.8. The van der Waals surface area contributed by atoms with E-state index in [9.17, 15) is 0 Å². The first-order chi connectivity index (χ1) is 8.16. The molecule has 94 valence electrons. The molecule has 2 heterocycles. The molecule has 3 nitrogen and oxygen atoms in total. The third-order valence-electron chi connectivity index (χ3n) is 3.57. The molecule has 2 rings (SSSR count). The number of nitrogens with zero attached hydrogens (tertiary/aromatic N) is 3. The average Bonchev–Trinajstić information content (AvgIpc) is 2.33. The fourth-order valence-electron chi connectivity index (χ4n) is 2.37. The van der Waals surface area contributed by atoms with Crippen LogP contribution in [0.2, 0.25) is 5.15 Å². The Morgan fingerprint density at radius 2 is 2.18 bits per heavy atom. The van der Waals surface area contributed by atoms with Crippen molar-refractivity contribution in [3.8, 4) is 0 Å². The third-order valence-corrected chi connectivity index (χ3v) is 3.91. The number of likely N-dealkylation sites (tertiary alicyclic amines) is 1. The van der Waals surface area contributed by atoms with E-state index in [2.05, 4.69) is 34.9 Å². The van der Waals surface area contributed by atoms with Crippen LogP contribution in [0.3, 0.4) is 0 Å². The molecule has 1 aliphatic rings. The van der Waals surface area contributed by atoms with Gasteiger partial charge in [-0.15, -0.1) is 0 Å². The second-order valence-electron chi connectivity index (χ2n) is 4.90. The second-order valence-corrected chi connectivity index (χ2v) is 5.26. The molecule has 17 heavy (non-hydrogen) atoms. The quantitative estimate of drug-likeness (QED) is 0.771. The first-order valence-corrected chi connectivity index (χ1v) is 6.53. The van der Waals surface area contributed by atoms with Crippen LogP contribution in [-0.4, -0.2) is 48.0 Å². The van der Waals surface area contributed by atoms with E-state index in [1.165, 1.54) is 25.9 Å². The van der Waals surface area contributed by atoms with Gasteiger partial charge in [0.1, 0.15) is 5.15 Å². The standard InChI is InChI=1S/C13H20ClN3/c1-16-8-5-12(6-9-16)17(2)10-11-4-3-7-15-13(11)14/h3-4,7,12H,5-6,8-10H2,1-2H3. The molecule has 0 radical (unpaired) electrons. The SMILES string of the molecule is CN1CCC(N(C)Cc2cccnc2Cl)CC1. The summed E-state index contributed by atoms with van der Waals surface area (Å²) in [7, 11) is 4.37. The van der Waals surface area contributed by atoms with Crippen molar-refractivity contribution in [3.63, 3.8) is 0 Å². The van der Waals surface area contributed by atoms with Gasteiger partial charge in [0.25, 0.3) is 0 Å². The van der Waals surface area contributed by atoms with Crippen molar-refractivity contribution in [1.82, 2.24) is 14.8 Å². The molecular weight excluding hydrogens is 234 g/mol. The molecular formula is C13H20ClN3. The molecule has 0 aliphatic carbocycles.